The smallest absolute Gasteiger partial charge is 0.406 e. The Balaban J connectivity index is 1.87. The molecule has 128 valence electrons. The highest BCUT2D eigenvalue weighted by molar-refractivity contribution is 5.33. The van der Waals surface area contributed by atoms with Crippen molar-refractivity contribution >= 4 is 0 Å². The van der Waals surface area contributed by atoms with Gasteiger partial charge >= 0.3 is 6.36 Å². The molecule has 0 amide bonds. The van der Waals surface area contributed by atoms with Gasteiger partial charge in [-0.3, -0.25) is 9.88 Å². The third-order valence-corrected chi connectivity index (χ3v) is 3.91. The molecule has 1 N–H and O–H groups in total. The van der Waals surface area contributed by atoms with Gasteiger partial charge in [-0.1, -0.05) is 18.2 Å². The van der Waals surface area contributed by atoms with Crippen molar-refractivity contribution in [2.24, 2.45) is 0 Å². The number of rotatable bonds is 4. The SMILES string of the molecule is FC(F)(F)Oc1ccc([C@H](c2ccccn2)N2CCNCC2)cc1. The lowest BCUT2D eigenvalue weighted by molar-refractivity contribution is -0.274. The Morgan fingerprint density at radius 1 is 1.04 bits per heavy atom. The summed E-state index contributed by atoms with van der Waals surface area (Å²) in [5.74, 6) is -0.216. The van der Waals surface area contributed by atoms with Crippen LogP contribution in [0.15, 0.2) is 48.7 Å². The summed E-state index contributed by atoms with van der Waals surface area (Å²) in [5.41, 5.74) is 1.77. The first-order valence-corrected chi connectivity index (χ1v) is 7.74. The van der Waals surface area contributed by atoms with E-state index in [-0.39, 0.29) is 11.8 Å². The van der Waals surface area contributed by atoms with Gasteiger partial charge in [0.25, 0.3) is 0 Å². The molecule has 0 aliphatic carbocycles. The molecule has 0 spiro atoms. The summed E-state index contributed by atoms with van der Waals surface area (Å²) in [7, 11) is 0. The van der Waals surface area contributed by atoms with E-state index < -0.39 is 6.36 Å². The number of hydrogen-bond donors (Lipinski definition) is 1. The first-order valence-electron chi connectivity index (χ1n) is 7.74. The molecule has 0 unspecified atom stereocenters. The molecule has 1 aromatic heterocycles. The molecule has 7 heteroatoms. The summed E-state index contributed by atoms with van der Waals surface area (Å²) >= 11 is 0. The first-order chi connectivity index (χ1) is 11.5. The number of nitrogens with one attached hydrogen (secondary N) is 1. The van der Waals surface area contributed by atoms with E-state index in [2.05, 4.69) is 19.9 Å². The van der Waals surface area contributed by atoms with Crippen LogP contribution in [0, 0.1) is 0 Å². The largest absolute Gasteiger partial charge is 0.573 e. The lowest BCUT2D eigenvalue weighted by Gasteiger charge is -2.35. The number of alkyl halides is 3. The van der Waals surface area contributed by atoms with Gasteiger partial charge in [0.1, 0.15) is 5.75 Å². The highest BCUT2D eigenvalue weighted by Crippen LogP contribution is 2.30. The normalized spacial score (nSPS) is 17.5. The second kappa shape index (κ2) is 7.19. The molecule has 4 nitrogen and oxygen atoms in total. The van der Waals surface area contributed by atoms with E-state index in [1.54, 1.807) is 18.3 Å². The lowest BCUT2D eigenvalue weighted by atomic mass is 10.0. The Morgan fingerprint density at radius 3 is 2.33 bits per heavy atom. The number of hydrogen-bond acceptors (Lipinski definition) is 4. The van der Waals surface area contributed by atoms with Crippen molar-refractivity contribution in [3.05, 3.63) is 59.9 Å². The van der Waals surface area contributed by atoms with Gasteiger partial charge in [-0.15, -0.1) is 13.2 Å². The Kier molecular flexibility index (Phi) is 5.01. The molecule has 1 fully saturated rings. The van der Waals surface area contributed by atoms with Gasteiger partial charge < -0.3 is 10.1 Å². The van der Waals surface area contributed by atoms with Crippen molar-refractivity contribution in [2.45, 2.75) is 12.4 Å². The Labute approximate surface area is 138 Å². The van der Waals surface area contributed by atoms with Crippen molar-refractivity contribution in [2.75, 3.05) is 26.2 Å². The third kappa shape index (κ3) is 4.24. The summed E-state index contributed by atoms with van der Waals surface area (Å²) < 4.78 is 40.9. The van der Waals surface area contributed by atoms with Gasteiger partial charge in [0.2, 0.25) is 0 Å². The zero-order chi connectivity index (χ0) is 17.0. The second-order valence-electron chi connectivity index (χ2n) is 5.56. The average molecular weight is 337 g/mol. The van der Waals surface area contributed by atoms with E-state index in [9.17, 15) is 13.2 Å². The van der Waals surface area contributed by atoms with Crippen molar-refractivity contribution < 1.29 is 17.9 Å². The molecule has 1 aliphatic heterocycles. The van der Waals surface area contributed by atoms with Gasteiger partial charge in [-0.25, -0.2) is 0 Å². The average Bonchev–Trinajstić information content (AvgIpc) is 2.57. The van der Waals surface area contributed by atoms with Crippen LogP contribution in [0.25, 0.3) is 0 Å². The summed E-state index contributed by atoms with van der Waals surface area (Å²) in [6.45, 7) is 3.45. The second-order valence-corrected chi connectivity index (χ2v) is 5.56. The molecule has 1 atom stereocenters. The van der Waals surface area contributed by atoms with Crippen LogP contribution in [-0.4, -0.2) is 42.4 Å². The van der Waals surface area contributed by atoms with Crippen LogP contribution in [0.5, 0.6) is 5.75 Å². The molecular formula is C17H18F3N3O. The summed E-state index contributed by atoms with van der Waals surface area (Å²) in [4.78, 5) is 6.72. The standard InChI is InChI=1S/C17H18F3N3O/c18-17(19,20)24-14-6-4-13(5-7-14)16(15-3-1-2-8-22-15)23-11-9-21-10-12-23/h1-8,16,21H,9-12H2/t16-/m1/s1. The zero-order valence-electron chi connectivity index (χ0n) is 13.0. The van der Waals surface area contributed by atoms with E-state index in [0.717, 1.165) is 37.4 Å². The highest BCUT2D eigenvalue weighted by atomic mass is 19.4. The molecule has 2 heterocycles. The predicted octanol–water partition coefficient (Wildman–Crippen LogP) is 2.97. The molecule has 1 aromatic carbocycles. The van der Waals surface area contributed by atoms with Gasteiger partial charge in [-0.2, -0.15) is 0 Å². The van der Waals surface area contributed by atoms with E-state index >= 15 is 0 Å². The fraction of sp³-hybridized carbons (Fsp3) is 0.353. The molecule has 0 saturated carbocycles. The molecule has 0 radical (unpaired) electrons. The Hall–Kier alpha value is -2.12. The minimum Gasteiger partial charge on any atom is -0.406 e. The van der Waals surface area contributed by atoms with Crippen LogP contribution in [0.3, 0.4) is 0 Å². The third-order valence-electron chi connectivity index (χ3n) is 3.91. The Bertz CT molecular complexity index is 640. The summed E-state index contributed by atoms with van der Waals surface area (Å²) in [6, 6.07) is 11.6. The number of benzene rings is 1. The van der Waals surface area contributed by atoms with Crippen LogP contribution in [0.4, 0.5) is 13.2 Å². The van der Waals surface area contributed by atoms with Gasteiger partial charge in [0.15, 0.2) is 0 Å². The quantitative estimate of drug-likeness (QED) is 0.931. The molecule has 1 saturated heterocycles. The van der Waals surface area contributed by atoms with Crippen molar-refractivity contribution in [3.8, 4) is 5.75 Å². The van der Waals surface area contributed by atoms with Crippen LogP contribution < -0.4 is 10.1 Å². The fourth-order valence-corrected chi connectivity index (χ4v) is 2.90. The van der Waals surface area contributed by atoms with Gasteiger partial charge in [0, 0.05) is 32.4 Å². The maximum absolute atomic E-state index is 12.3. The number of ether oxygens (including phenoxy) is 1. The maximum atomic E-state index is 12.3. The van der Waals surface area contributed by atoms with E-state index in [4.69, 9.17) is 0 Å². The summed E-state index contributed by atoms with van der Waals surface area (Å²) in [6.07, 6.45) is -2.95. The highest BCUT2D eigenvalue weighted by Gasteiger charge is 2.31. The van der Waals surface area contributed by atoms with Crippen molar-refractivity contribution in [1.29, 1.82) is 0 Å². The minimum atomic E-state index is -4.68. The number of piperazine rings is 1. The number of nitrogens with zero attached hydrogens (tertiary/aromatic N) is 2. The van der Waals surface area contributed by atoms with Crippen LogP contribution in [0.1, 0.15) is 17.3 Å². The lowest BCUT2D eigenvalue weighted by Crippen LogP contribution is -2.45. The molecule has 3 rings (SSSR count). The number of aromatic nitrogens is 1. The van der Waals surface area contributed by atoms with Gasteiger partial charge in [-0.05, 0) is 29.8 Å². The van der Waals surface area contributed by atoms with E-state index in [1.807, 2.05) is 18.2 Å². The maximum Gasteiger partial charge on any atom is 0.573 e. The molecule has 1 aliphatic rings. The van der Waals surface area contributed by atoms with Crippen LogP contribution in [0.2, 0.25) is 0 Å². The predicted molar refractivity (Wildman–Crippen MR) is 83.6 cm³/mol. The topological polar surface area (TPSA) is 37.4 Å². The van der Waals surface area contributed by atoms with Crippen LogP contribution in [-0.2, 0) is 0 Å². The zero-order valence-corrected chi connectivity index (χ0v) is 13.0. The van der Waals surface area contributed by atoms with Gasteiger partial charge in [0.05, 0.1) is 11.7 Å². The summed E-state index contributed by atoms with van der Waals surface area (Å²) in [5, 5.41) is 3.30. The van der Waals surface area contributed by atoms with Crippen LogP contribution >= 0.6 is 0 Å². The molecular weight excluding hydrogens is 319 g/mol. The van der Waals surface area contributed by atoms with Crippen molar-refractivity contribution in [3.63, 3.8) is 0 Å². The number of halogens is 3. The molecule has 2 aromatic rings. The van der Waals surface area contributed by atoms with Crippen molar-refractivity contribution in [1.82, 2.24) is 15.2 Å². The minimum absolute atomic E-state index is 0.0896. The molecule has 0 bridgehead atoms. The number of pyridine rings is 1. The molecule has 24 heavy (non-hydrogen) atoms. The van der Waals surface area contributed by atoms with E-state index in [1.165, 1.54) is 12.1 Å². The van der Waals surface area contributed by atoms with E-state index in [0.29, 0.717) is 0 Å². The fourth-order valence-electron chi connectivity index (χ4n) is 2.90. The monoisotopic (exact) mass is 337 g/mol. The Morgan fingerprint density at radius 2 is 1.75 bits per heavy atom. The first kappa shape index (κ1) is 16.7.